The summed E-state index contributed by atoms with van der Waals surface area (Å²) in [7, 11) is 0. The van der Waals surface area contributed by atoms with Gasteiger partial charge in [-0.3, -0.25) is 0 Å². The summed E-state index contributed by atoms with van der Waals surface area (Å²) in [5, 5.41) is 18.4. The van der Waals surface area contributed by atoms with E-state index < -0.39 is 5.97 Å². The minimum absolute atomic E-state index is 0.155. The highest BCUT2D eigenvalue weighted by atomic mass is 79.9. The van der Waals surface area contributed by atoms with Gasteiger partial charge in [-0.15, -0.1) is 0 Å². The van der Waals surface area contributed by atoms with Crippen LogP contribution in [-0.4, -0.2) is 16.2 Å². The van der Waals surface area contributed by atoms with E-state index in [-0.39, 0.29) is 11.3 Å². The molecule has 3 nitrogen and oxygen atoms in total. The Morgan fingerprint density at radius 3 is 2.41 bits per heavy atom. The summed E-state index contributed by atoms with van der Waals surface area (Å²) in [5.41, 5.74) is 1.73. The number of carboxylic acid groups (broad SMARTS) is 1. The van der Waals surface area contributed by atoms with Gasteiger partial charge in [0.25, 0.3) is 0 Å². The Labute approximate surface area is 106 Å². The van der Waals surface area contributed by atoms with Crippen LogP contribution in [-0.2, 0) is 0 Å². The maximum absolute atomic E-state index is 11.0. The molecule has 0 heterocycles. The number of aromatic hydroxyl groups is 1. The van der Waals surface area contributed by atoms with Gasteiger partial charge in [-0.05, 0) is 51.3 Å². The molecule has 0 aliphatic rings. The van der Waals surface area contributed by atoms with Crippen molar-refractivity contribution in [3.8, 4) is 16.9 Å². The van der Waals surface area contributed by atoms with Gasteiger partial charge in [0.1, 0.15) is 5.75 Å². The van der Waals surface area contributed by atoms with Gasteiger partial charge in [0.15, 0.2) is 0 Å². The van der Waals surface area contributed by atoms with Crippen molar-refractivity contribution < 1.29 is 15.0 Å². The van der Waals surface area contributed by atoms with Crippen molar-refractivity contribution in [1.29, 1.82) is 0 Å². The number of benzene rings is 2. The van der Waals surface area contributed by atoms with Crippen LogP contribution < -0.4 is 0 Å². The molecule has 0 aliphatic carbocycles. The van der Waals surface area contributed by atoms with E-state index in [1.807, 2.05) is 6.07 Å². The van der Waals surface area contributed by atoms with Crippen LogP contribution in [0.2, 0.25) is 0 Å². The van der Waals surface area contributed by atoms with Crippen LogP contribution in [0.3, 0.4) is 0 Å². The largest absolute Gasteiger partial charge is 0.508 e. The third-order valence-electron chi connectivity index (χ3n) is 2.38. The molecule has 0 radical (unpaired) electrons. The van der Waals surface area contributed by atoms with E-state index in [9.17, 15) is 9.90 Å². The van der Waals surface area contributed by atoms with E-state index in [1.165, 1.54) is 0 Å². The third kappa shape index (κ3) is 2.47. The second-order valence-corrected chi connectivity index (χ2v) is 4.40. The number of carbonyl (C=O) groups is 1. The molecule has 0 unspecified atom stereocenters. The Hall–Kier alpha value is -1.81. The molecule has 2 N–H and O–H groups in total. The number of halogens is 1. The van der Waals surface area contributed by atoms with E-state index >= 15 is 0 Å². The summed E-state index contributed by atoms with van der Waals surface area (Å²) < 4.78 is 0.536. The third-order valence-corrected chi connectivity index (χ3v) is 3.07. The van der Waals surface area contributed by atoms with Gasteiger partial charge in [0, 0.05) is 4.47 Å². The van der Waals surface area contributed by atoms with Gasteiger partial charge in [0.2, 0.25) is 0 Å². The Morgan fingerprint density at radius 2 is 1.76 bits per heavy atom. The van der Waals surface area contributed by atoms with Crippen LogP contribution in [0.5, 0.6) is 5.75 Å². The second kappa shape index (κ2) is 4.59. The van der Waals surface area contributed by atoms with Crippen molar-refractivity contribution in [2.24, 2.45) is 0 Å². The Balaban J connectivity index is 2.54. The SMILES string of the molecule is O=C(O)c1cc(-c2cccc(O)c2)ccc1Br. The monoisotopic (exact) mass is 292 g/mol. The van der Waals surface area contributed by atoms with Crippen molar-refractivity contribution in [3.63, 3.8) is 0 Å². The van der Waals surface area contributed by atoms with Crippen molar-refractivity contribution in [1.82, 2.24) is 0 Å². The van der Waals surface area contributed by atoms with Gasteiger partial charge in [-0.1, -0.05) is 18.2 Å². The molecule has 17 heavy (non-hydrogen) atoms. The molecule has 4 heteroatoms. The summed E-state index contributed by atoms with van der Waals surface area (Å²) in [6.45, 7) is 0. The molecular formula is C13H9BrO3. The van der Waals surface area contributed by atoms with Crippen LogP contribution in [0.1, 0.15) is 10.4 Å². The van der Waals surface area contributed by atoms with E-state index in [4.69, 9.17) is 5.11 Å². The lowest BCUT2D eigenvalue weighted by Gasteiger charge is -2.05. The first-order valence-electron chi connectivity index (χ1n) is 4.90. The predicted molar refractivity (Wildman–Crippen MR) is 68.2 cm³/mol. The standard InChI is InChI=1S/C13H9BrO3/c14-12-5-4-9(7-11(12)13(16)17)8-2-1-3-10(15)6-8/h1-7,15H,(H,16,17). The molecule has 0 fully saturated rings. The number of rotatable bonds is 2. The number of carboxylic acids is 1. The molecular weight excluding hydrogens is 284 g/mol. The maximum Gasteiger partial charge on any atom is 0.336 e. The number of phenolic OH excluding ortho intramolecular Hbond substituents is 1. The minimum atomic E-state index is -0.987. The topological polar surface area (TPSA) is 57.5 Å². The lowest BCUT2D eigenvalue weighted by Crippen LogP contribution is -1.97. The lowest BCUT2D eigenvalue weighted by molar-refractivity contribution is 0.0696. The van der Waals surface area contributed by atoms with Crippen LogP contribution >= 0.6 is 15.9 Å². The second-order valence-electron chi connectivity index (χ2n) is 3.55. The Kier molecular flexibility index (Phi) is 3.15. The predicted octanol–water partition coefficient (Wildman–Crippen LogP) is 3.52. The minimum Gasteiger partial charge on any atom is -0.508 e. The molecule has 2 rings (SSSR count). The van der Waals surface area contributed by atoms with Gasteiger partial charge in [0.05, 0.1) is 5.56 Å². The van der Waals surface area contributed by atoms with Crippen molar-refractivity contribution in [3.05, 3.63) is 52.5 Å². The summed E-state index contributed by atoms with van der Waals surface area (Å²) in [4.78, 5) is 11.0. The van der Waals surface area contributed by atoms with Crippen LogP contribution in [0, 0.1) is 0 Å². The zero-order valence-electron chi connectivity index (χ0n) is 8.72. The van der Waals surface area contributed by atoms with Gasteiger partial charge in [-0.2, -0.15) is 0 Å². The van der Waals surface area contributed by atoms with E-state index in [1.54, 1.807) is 36.4 Å². The normalized spacial score (nSPS) is 10.2. The molecule has 0 aliphatic heterocycles. The fourth-order valence-corrected chi connectivity index (χ4v) is 1.97. The molecule has 0 bridgehead atoms. The van der Waals surface area contributed by atoms with E-state index in [0.29, 0.717) is 4.47 Å². The maximum atomic E-state index is 11.0. The number of hydrogen-bond acceptors (Lipinski definition) is 2. The number of phenols is 1. The highest BCUT2D eigenvalue weighted by Crippen LogP contribution is 2.27. The zero-order chi connectivity index (χ0) is 12.4. The van der Waals surface area contributed by atoms with Crippen molar-refractivity contribution >= 4 is 21.9 Å². The van der Waals surface area contributed by atoms with Gasteiger partial charge < -0.3 is 10.2 Å². The smallest absolute Gasteiger partial charge is 0.336 e. The first-order valence-corrected chi connectivity index (χ1v) is 5.69. The lowest BCUT2D eigenvalue weighted by atomic mass is 10.0. The zero-order valence-corrected chi connectivity index (χ0v) is 10.3. The van der Waals surface area contributed by atoms with Crippen LogP contribution in [0.4, 0.5) is 0 Å². The Bertz CT molecular complexity index is 579. The molecule has 0 spiro atoms. The van der Waals surface area contributed by atoms with E-state index in [2.05, 4.69) is 15.9 Å². The summed E-state index contributed by atoms with van der Waals surface area (Å²) in [6.07, 6.45) is 0. The van der Waals surface area contributed by atoms with Gasteiger partial charge >= 0.3 is 5.97 Å². The molecule has 0 saturated heterocycles. The summed E-state index contributed by atoms with van der Waals surface area (Å²) >= 11 is 3.19. The first kappa shape index (κ1) is 11.7. The molecule has 0 atom stereocenters. The first-order chi connectivity index (χ1) is 8.08. The summed E-state index contributed by atoms with van der Waals surface area (Å²) in [5.74, 6) is -0.832. The fraction of sp³-hybridized carbons (Fsp3) is 0. The number of hydrogen-bond donors (Lipinski definition) is 2. The Morgan fingerprint density at radius 1 is 1.06 bits per heavy atom. The highest BCUT2D eigenvalue weighted by molar-refractivity contribution is 9.10. The molecule has 2 aromatic rings. The average Bonchev–Trinajstić information content (AvgIpc) is 2.29. The van der Waals surface area contributed by atoms with Crippen molar-refractivity contribution in [2.75, 3.05) is 0 Å². The van der Waals surface area contributed by atoms with Crippen LogP contribution in [0.15, 0.2) is 46.9 Å². The molecule has 0 aromatic heterocycles. The summed E-state index contributed by atoms with van der Waals surface area (Å²) in [6, 6.07) is 11.7. The molecule has 0 amide bonds. The van der Waals surface area contributed by atoms with Crippen molar-refractivity contribution in [2.45, 2.75) is 0 Å². The van der Waals surface area contributed by atoms with Gasteiger partial charge in [-0.25, -0.2) is 4.79 Å². The van der Waals surface area contributed by atoms with E-state index in [0.717, 1.165) is 11.1 Å². The fourth-order valence-electron chi connectivity index (χ4n) is 1.55. The highest BCUT2D eigenvalue weighted by Gasteiger charge is 2.09. The molecule has 2 aromatic carbocycles. The number of aromatic carboxylic acids is 1. The molecule has 86 valence electrons. The molecule has 0 saturated carbocycles. The quantitative estimate of drug-likeness (QED) is 0.890. The average molecular weight is 293 g/mol. The van der Waals surface area contributed by atoms with Crippen LogP contribution in [0.25, 0.3) is 11.1 Å².